The van der Waals surface area contributed by atoms with E-state index in [2.05, 4.69) is 5.32 Å². The maximum absolute atomic E-state index is 16.5. The van der Waals surface area contributed by atoms with Gasteiger partial charge >= 0.3 is 6.18 Å². The molecular formula is C31H29ClF5N3O7S2. The number of ether oxygens (including phenoxy) is 1. The van der Waals surface area contributed by atoms with Crippen LogP contribution in [0, 0.1) is 10.1 Å². The first-order valence-electron chi connectivity index (χ1n) is 14.3. The SMILES string of the molecule is CC(NC1C=C(F)C=CC1(F)S(=O)(=O)c1ccc(Cl)cc1)c1ccccc1OCCCN(C)S(=O)(=O)c1ccc(C(F)(F)F)cc1[N+](=O)[O-]. The van der Waals surface area contributed by atoms with Crippen molar-refractivity contribution in [2.45, 2.75) is 46.4 Å². The lowest BCUT2D eigenvalue weighted by Gasteiger charge is -2.34. The summed E-state index contributed by atoms with van der Waals surface area (Å²) in [5.41, 5.74) is -2.19. The van der Waals surface area contributed by atoms with Gasteiger partial charge in [0.1, 0.15) is 11.6 Å². The van der Waals surface area contributed by atoms with Gasteiger partial charge in [0.25, 0.3) is 10.7 Å². The molecule has 0 saturated carbocycles. The second-order valence-electron chi connectivity index (χ2n) is 10.9. The average Bonchev–Trinajstić information content (AvgIpc) is 3.04. The monoisotopic (exact) mass is 749 g/mol. The molecule has 0 spiro atoms. The first-order valence-corrected chi connectivity index (χ1v) is 17.6. The van der Waals surface area contributed by atoms with E-state index in [1.807, 2.05) is 0 Å². The fourth-order valence-corrected chi connectivity index (χ4v) is 8.02. The molecule has 1 aliphatic rings. The van der Waals surface area contributed by atoms with Crippen molar-refractivity contribution in [2.24, 2.45) is 0 Å². The van der Waals surface area contributed by atoms with Crippen molar-refractivity contribution in [3.8, 4) is 5.75 Å². The Bertz CT molecular complexity index is 1990. The molecule has 0 radical (unpaired) electrons. The van der Waals surface area contributed by atoms with E-state index < -0.39 is 70.0 Å². The minimum absolute atomic E-state index is 0.0224. The van der Waals surface area contributed by atoms with Gasteiger partial charge in [-0.25, -0.2) is 29.9 Å². The number of sulfonamides is 1. The van der Waals surface area contributed by atoms with E-state index in [0.717, 1.165) is 35.6 Å². The van der Waals surface area contributed by atoms with Crippen LogP contribution in [0.15, 0.2) is 101 Å². The Morgan fingerprint density at radius 1 is 1.08 bits per heavy atom. The number of hydrogen-bond acceptors (Lipinski definition) is 8. The zero-order chi connectivity index (χ0) is 36.4. The molecule has 264 valence electrons. The number of nitro benzene ring substituents is 1. The van der Waals surface area contributed by atoms with Gasteiger partial charge in [-0.15, -0.1) is 0 Å². The molecule has 0 saturated heterocycles. The van der Waals surface area contributed by atoms with E-state index in [0.29, 0.717) is 23.8 Å². The normalized spacial score (nSPS) is 19.0. The highest BCUT2D eigenvalue weighted by Gasteiger charge is 2.51. The zero-order valence-corrected chi connectivity index (χ0v) is 28.1. The van der Waals surface area contributed by atoms with Gasteiger partial charge in [-0.1, -0.05) is 29.8 Å². The van der Waals surface area contributed by atoms with E-state index in [-0.39, 0.29) is 41.3 Å². The van der Waals surface area contributed by atoms with Crippen LogP contribution in [-0.2, 0) is 26.0 Å². The smallest absolute Gasteiger partial charge is 0.416 e. The number of halogens is 6. The molecule has 10 nitrogen and oxygen atoms in total. The highest BCUT2D eigenvalue weighted by Crippen LogP contribution is 2.39. The number of nitrogens with zero attached hydrogens (tertiary/aromatic N) is 2. The minimum Gasteiger partial charge on any atom is -0.493 e. The van der Waals surface area contributed by atoms with Crippen LogP contribution in [0.5, 0.6) is 5.75 Å². The molecule has 0 bridgehead atoms. The Labute approximate surface area is 283 Å². The third-order valence-corrected chi connectivity index (χ3v) is 11.9. The summed E-state index contributed by atoms with van der Waals surface area (Å²) in [6, 6.07) is 9.84. The highest BCUT2D eigenvalue weighted by atomic mass is 35.5. The number of hydrogen-bond donors (Lipinski definition) is 1. The Balaban J connectivity index is 1.46. The molecule has 4 rings (SSSR count). The summed E-state index contributed by atoms with van der Waals surface area (Å²) in [4.78, 5) is 8.93. The summed E-state index contributed by atoms with van der Waals surface area (Å²) < 4.78 is 129. The Morgan fingerprint density at radius 2 is 1.73 bits per heavy atom. The Morgan fingerprint density at radius 3 is 2.37 bits per heavy atom. The van der Waals surface area contributed by atoms with Gasteiger partial charge in [0.05, 0.1) is 28.0 Å². The number of nitrogens with one attached hydrogen (secondary N) is 1. The van der Waals surface area contributed by atoms with Crippen LogP contribution in [0.2, 0.25) is 5.02 Å². The molecule has 3 aromatic carbocycles. The molecule has 0 aromatic heterocycles. The number of sulfone groups is 1. The molecule has 1 N–H and O–H groups in total. The molecule has 0 aliphatic heterocycles. The molecule has 49 heavy (non-hydrogen) atoms. The van der Waals surface area contributed by atoms with E-state index in [1.165, 1.54) is 12.1 Å². The summed E-state index contributed by atoms with van der Waals surface area (Å²) in [6.45, 7) is 1.21. The third kappa shape index (κ3) is 8.12. The van der Waals surface area contributed by atoms with Gasteiger partial charge < -0.3 is 4.74 Å². The number of benzene rings is 3. The van der Waals surface area contributed by atoms with Crippen LogP contribution in [0.3, 0.4) is 0 Å². The van der Waals surface area contributed by atoms with Crippen molar-refractivity contribution in [3.05, 3.63) is 117 Å². The summed E-state index contributed by atoms with van der Waals surface area (Å²) in [7, 11) is -8.20. The van der Waals surface area contributed by atoms with Crippen LogP contribution in [0.4, 0.5) is 27.6 Å². The van der Waals surface area contributed by atoms with E-state index >= 15 is 4.39 Å². The van der Waals surface area contributed by atoms with Gasteiger partial charge in [-0.3, -0.25) is 15.4 Å². The van der Waals surface area contributed by atoms with Crippen molar-refractivity contribution in [3.63, 3.8) is 0 Å². The van der Waals surface area contributed by atoms with Gasteiger partial charge in [0, 0.05) is 36.3 Å². The van der Waals surface area contributed by atoms with Crippen molar-refractivity contribution in [1.82, 2.24) is 9.62 Å². The maximum Gasteiger partial charge on any atom is 0.416 e. The quantitative estimate of drug-likeness (QED) is 0.0860. The molecule has 0 amide bonds. The van der Waals surface area contributed by atoms with Gasteiger partial charge in [0.2, 0.25) is 19.9 Å². The number of nitro groups is 1. The number of alkyl halides is 4. The van der Waals surface area contributed by atoms with E-state index in [9.17, 15) is 44.5 Å². The molecular weight excluding hydrogens is 721 g/mol. The van der Waals surface area contributed by atoms with Gasteiger partial charge in [-0.05, 0) is 74.0 Å². The van der Waals surface area contributed by atoms with Crippen molar-refractivity contribution in [2.75, 3.05) is 20.2 Å². The molecule has 18 heteroatoms. The van der Waals surface area contributed by atoms with Crippen molar-refractivity contribution in [1.29, 1.82) is 0 Å². The predicted molar refractivity (Wildman–Crippen MR) is 171 cm³/mol. The lowest BCUT2D eigenvalue weighted by atomic mass is 10.0. The van der Waals surface area contributed by atoms with Crippen molar-refractivity contribution < 1.29 is 48.4 Å². The van der Waals surface area contributed by atoms with Crippen LogP contribution < -0.4 is 10.1 Å². The molecule has 3 aromatic rings. The number of allylic oxidation sites excluding steroid dienone is 2. The number of para-hydroxylation sites is 1. The topological polar surface area (TPSA) is 136 Å². The first-order chi connectivity index (χ1) is 22.8. The first kappa shape index (κ1) is 37.9. The lowest BCUT2D eigenvalue weighted by Crippen LogP contribution is -2.52. The maximum atomic E-state index is 16.5. The fourth-order valence-electron chi connectivity index (χ4n) is 4.98. The van der Waals surface area contributed by atoms with Crippen LogP contribution in [0.25, 0.3) is 0 Å². The largest absolute Gasteiger partial charge is 0.493 e. The number of rotatable bonds is 13. The van der Waals surface area contributed by atoms with Crippen LogP contribution in [0.1, 0.15) is 30.5 Å². The summed E-state index contributed by atoms with van der Waals surface area (Å²) >= 11 is 5.85. The van der Waals surface area contributed by atoms with Gasteiger partial charge in [-0.2, -0.15) is 13.2 Å². The fraction of sp³-hybridized carbons (Fsp3) is 0.290. The summed E-state index contributed by atoms with van der Waals surface area (Å²) in [5.74, 6) is -0.623. The second-order valence-corrected chi connectivity index (χ2v) is 15.5. The standard InChI is InChI=1S/C31H29ClF5N3O7S2/c1-20(38-29-19-23(33)14-15-30(29,34)48(43,44)24-11-9-22(32)10-12-24)25-6-3-4-7-27(25)47-17-5-16-39(2)49(45,46)28-13-8-21(31(35,36)37)18-26(28)40(41)42/h3-4,6-15,18-20,29,38H,5,16-17H2,1-2H3. The average molecular weight is 750 g/mol. The predicted octanol–water partition coefficient (Wildman–Crippen LogP) is 6.94. The lowest BCUT2D eigenvalue weighted by molar-refractivity contribution is -0.388. The molecule has 3 unspecified atom stereocenters. The molecule has 1 aliphatic carbocycles. The Kier molecular flexibility index (Phi) is 11.2. The highest BCUT2D eigenvalue weighted by molar-refractivity contribution is 7.93. The van der Waals surface area contributed by atoms with Crippen molar-refractivity contribution >= 4 is 37.1 Å². The van der Waals surface area contributed by atoms with Crippen LogP contribution >= 0.6 is 11.6 Å². The van der Waals surface area contributed by atoms with Gasteiger partial charge in [0.15, 0.2) is 4.90 Å². The molecule has 0 fully saturated rings. The molecule has 3 atom stereocenters. The summed E-state index contributed by atoms with van der Waals surface area (Å²) in [6.07, 6.45) is -2.74. The summed E-state index contributed by atoms with van der Waals surface area (Å²) in [5, 5.41) is 11.4. The third-order valence-electron chi connectivity index (χ3n) is 7.62. The Hall–Kier alpha value is -3.90. The minimum atomic E-state index is -4.93. The van der Waals surface area contributed by atoms with E-state index in [1.54, 1.807) is 31.2 Å². The molecule has 0 heterocycles. The van der Waals surface area contributed by atoms with Crippen LogP contribution in [-0.4, -0.2) is 57.3 Å². The zero-order valence-electron chi connectivity index (χ0n) is 25.7. The van der Waals surface area contributed by atoms with E-state index in [4.69, 9.17) is 16.3 Å². The second kappa shape index (κ2) is 14.5.